The number of hydrogen-bond donors (Lipinski definition) is 1. The molecule has 0 aromatic heterocycles. The molecule has 0 saturated heterocycles. The lowest BCUT2D eigenvalue weighted by Crippen LogP contribution is -2.37. The Morgan fingerprint density at radius 1 is 1.05 bits per heavy atom. The van der Waals surface area contributed by atoms with Crippen LogP contribution in [0.15, 0.2) is 54.6 Å². The molecule has 1 amide bonds. The third-order valence-electron chi connectivity index (χ3n) is 3.93. The summed E-state index contributed by atoms with van der Waals surface area (Å²) in [5, 5.41) is 3.01. The Kier molecular flexibility index (Phi) is 4.23. The van der Waals surface area contributed by atoms with Crippen LogP contribution in [0.5, 0.6) is 0 Å². The number of anilines is 1. The van der Waals surface area contributed by atoms with Crippen molar-refractivity contribution in [3.63, 3.8) is 0 Å². The van der Waals surface area contributed by atoms with E-state index in [0.717, 1.165) is 17.7 Å². The van der Waals surface area contributed by atoms with Crippen molar-refractivity contribution in [3.05, 3.63) is 65.7 Å². The second-order valence-corrected chi connectivity index (χ2v) is 5.37. The molecule has 1 atom stereocenters. The van der Waals surface area contributed by atoms with Gasteiger partial charge in [-0.3, -0.25) is 4.79 Å². The molecule has 0 bridgehead atoms. The van der Waals surface area contributed by atoms with E-state index in [1.54, 1.807) is 0 Å². The molecule has 0 spiro atoms. The predicted octanol–water partition coefficient (Wildman–Crippen LogP) is 4.30. The largest absolute Gasteiger partial charge is 0.325 e. The van der Waals surface area contributed by atoms with E-state index in [9.17, 15) is 4.79 Å². The minimum Gasteiger partial charge on any atom is -0.325 e. The Morgan fingerprint density at radius 3 is 2.20 bits per heavy atom. The number of para-hydroxylation sites is 1. The van der Waals surface area contributed by atoms with Crippen molar-refractivity contribution in [1.82, 2.24) is 0 Å². The van der Waals surface area contributed by atoms with Crippen LogP contribution in [0.2, 0.25) is 0 Å². The van der Waals surface area contributed by atoms with Crippen LogP contribution in [-0.2, 0) is 10.2 Å². The van der Waals surface area contributed by atoms with E-state index < -0.39 is 5.41 Å². The fourth-order valence-corrected chi connectivity index (χ4v) is 2.21. The third kappa shape index (κ3) is 2.90. The summed E-state index contributed by atoms with van der Waals surface area (Å²) in [6.45, 7) is 6.09. The van der Waals surface area contributed by atoms with Gasteiger partial charge >= 0.3 is 0 Å². The van der Waals surface area contributed by atoms with Crippen LogP contribution in [0, 0.1) is 6.92 Å². The summed E-state index contributed by atoms with van der Waals surface area (Å²) in [6.07, 6.45) is 0.759. The molecule has 1 unspecified atom stereocenters. The van der Waals surface area contributed by atoms with Crippen molar-refractivity contribution < 1.29 is 4.79 Å². The van der Waals surface area contributed by atoms with Gasteiger partial charge in [-0.15, -0.1) is 0 Å². The maximum absolute atomic E-state index is 12.6. The molecule has 0 aliphatic rings. The van der Waals surface area contributed by atoms with E-state index >= 15 is 0 Å². The fourth-order valence-electron chi connectivity index (χ4n) is 2.21. The van der Waals surface area contributed by atoms with Gasteiger partial charge < -0.3 is 5.32 Å². The smallest absolute Gasteiger partial charge is 0.234 e. The quantitative estimate of drug-likeness (QED) is 0.879. The van der Waals surface area contributed by atoms with E-state index in [4.69, 9.17) is 0 Å². The van der Waals surface area contributed by atoms with Crippen LogP contribution in [0.4, 0.5) is 5.69 Å². The molecular weight excluding hydrogens is 246 g/mol. The number of hydrogen-bond acceptors (Lipinski definition) is 1. The van der Waals surface area contributed by atoms with Crippen molar-refractivity contribution in [2.24, 2.45) is 0 Å². The summed E-state index contributed by atoms with van der Waals surface area (Å²) < 4.78 is 0. The van der Waals surface area contributed by atoms with Crippen LogP contribution in [0.3, 0.4) is 0 Å². The van der Waals surface area contributed by atoms with E-state index in [-0.39, 0.29) is 5.91 Å². The van der Waals surface area contributed by atoms with E-state index in [2.05, 4.69) is 24.4 Å². The highest BCUT2D eigenvalue weighted by Crippen LogP contribution is 2.29. The van der Waals surface area contributed by atoms with Gasteiger partial charge in [0, 0.05) is 5.69 Å². The maximum atomic E-state index is 12.6. The van der Waals surface area contributed by atoms with E-state index in [1.165, 1.54) is 5.56 Å². The number of carbonyl (C=O) groups is 1. The van der Waals surface area contributed by atoms with Gasteiger partial charge in [0.15, 0.2) is 0 Å². The summed E-state index contributed by atoms with van der Waals surface area (Å²) >= 11 is 0. The van der Waals surface area contributed by atoms with Crippen molar-refractivity contribution in [1.29, 1.82) is 0 Å². The van der Waals surface area contributed by atoms with Gasteiger partial charge in [0.05, 0.1) is 5.41 Å². The second kappa shape index (κ2) is 5.91. The van der Waals surface area contributed by atoms with Gasteiger partial charge in [-0.05, 0) is 38.0 Å². The standard InChI is InChI=1S/C18H21NO/c1-4-18(3,15-12-10-14(2)11-13-15)17(20)19-16-8-6-5-7-9-16/h5-13H,4H2,1-3H3,(H,19,20). The summed E-state index contributed by atoms with van der Waals surface area (Å²) in [4.78, 5) is 12.6. The first-order chi connectivity index (χ1) is 9.56. The zero-order chi connectivity index (χ0) is 14.6. The molecule has 2 rings (SSSR count). The van der Waals surface area contributed by atoms with Crippen molar-refractivity contribution >= 4 is 11.6 Å². The molecule has 0 saturated carbocycles. The van der Waals surface area contributed by atoms with Crippen LogP contribution >= 0.6 is 0 Å². The van der Waals surface area contributed by atoms with Crippen LogP contribution in [0.25, 0.3) is 0 Å². The average molecular weight is 267 g/mol. The van der Waals surface area contributed by atoms with Crippen LogP contribution in [0.1, 0.15) is 31.4 Å². The Labute approximate surface area is 120 Å². The Balaban J connectivity index is 2.26. The molecule has 1 N–H and O–H groups in total. The Hall–Kier alpha value is -2.09. The lowest BCUT2D eigenvalue weighted by molar-refractivity contribution is -0.121. The molecule has 2 heteroatoms. The lowest BCUT2D eigenvalue weighted by atomic mass is 9.79. The maximum Gasteiger partial charge on any atom is 0.234 e. The molecule has 0 fully saturated rings. The molecule has 0 aliphatic heterocycles. The molecule has 2 aromatic carbocycles. The van der Waals surface area contributed by atoms with Gasteiger partial charge in [0.25, 0.3) is 0 Å². The number of aryl methyl sites for hydroxylation is 1. The highest BCUT2D eigenvalue weighted by atomic mass is 16.2. The number of amides is 1. The van der Waals surface area contributed by atoms with Crippen LogP contribution in [-0.4, -0.2) is 5.91 Å². The van der Waals surface area contributed by atoms with Crippen LogP contribution < -0.4 is 5.32 Å². The van der Waals surface area contributed by atoms with E-state index in [1.807, 2.05) is 56.3 Å². The third-order valence-corrected chi connectivity index (χ3v) is 3.93. The zero-order valence-corrected chi connectivity index (χ0v) is 12.3. The monoisotopic (exact) mass is 267 g/mol. The average Bonchev–Trinajstić information content (AvgIpc) is 2.48. The summed E-state index contributed by atoms with van der Waals surface area (Å²) in [6, 6.07) is 17.8. The summed E-state index contributed by atoms with van der Waals surface area (Å²) in [5.74, 6) is 0.0371. The topological polar surface area (TPSA) is 29.1 Å². The Bertz CT molecular complexity index is 574. The van der Waals surface area contributed by atoms with Gasteiger partial charge in [-0.2, -0.15) is 0 Å². The highest BCUT2D eigenvalue weighted by Gasteiger charge is 2.33. The van der Waals surface area contributed by atoms with E-state index in [0.29, 0.717) is 0 Å². The minimum absolute atomic E-state index is 0.0371. The lowest BCUT2D eigenvalue weighted by Gasteiger charge is -2.27. The first-order valence-electron chi connectivity index (χ1n) is 7.00. The SMILES string of the molecule is CCC(C)(C(=O)Nc1ccccc1)c1ccc(C)cc1. The number of rotatable bonds is 4. The molecule has 104 valence electrons. The van der Waals surface area contributed by atoms with Gasteiger partial charge in [-0.25, -0.2) is 0 Å². The summed E-state index contributed by atoms with van der Waals surface area (Å²) in [7, 11) is 0. The normalized spacial score (nSPS) is 13.6. The number of carbonyl (C=O) groups excluding carboxylic acids is 1. The van der Waals surface area contributed by atoms with Crippen molar-refractivity contribution in [2.45, 2.75) is 32.6 Å². The second-order valence-electron chi connectivity index (χ2n) is 5.37. The summed E-state index contributed by atoms with van der Waals surface area (Å²) in [5.41, 5.74) is 2.59. The van der Waals surface area contributed by atoms with Gasteiger partial charge in [0.2, 0.25) is 5.91 Å². The predicted molar refractivity (Wildman–Crippen MR) is 83.9 cm³/mol. The van der Waals surface area contributed by atoms with Crippen molar-refractivity contribution in [2.75, 3.05) is 5.32 Å². The minimum atomic E-state index is -0.510. The van der Waals surface area contributed by atoms with Gasteiger partial charge in [-0.1, -0.05) is 55.0 Å². The molecule has 20 heavy (non-hydrogen) atoms. The zero-order valence-electron chi connectivity index (χ0n) is 12.3. The Morgan fingerprint density at radius 2 is 1.65 bits per heavy atom. The highest BCUT2D eigenvalue weighted by molar-refractivity contribution is 5.98. The van der Waals surface area contributed by atoms with Gasteiger partial charge in [0.1, 0.15) is 0 Å². The molecule has 0 heterocycles. The van der Waals surface area contributed by atoms with Crippen molar-refractivity contribution in [3.8, 4) is 0 Å². The number of benzene rings is 2. The molecular formula is C18H21NO. The molecule has 2 aromatic rings. The first kappa shape index (κ1) is 14.3. The molecule has 0 radical (unpaired) electrons. The molecule has 0 aliphatic carbocycles. The fraction of sp³-hybridized carbons (Fsp3) is 0.278. The first-order valence-corrected chi connectivity index (χ1v) is 7.00. The number of nitrogens with one attached hydrogen (secondary N) is 1. The molecule has 2 nitrogen and oxygen atoms in total.